The zero-order valence-corrected chi connectivity index (χ0v) is 10.6. The first kappa shape index (κ1) is 11.6. The Bertz CT molecular complexity index is 487. The van der Waals surface area contributed by atoms with Crippen LogP contribution in [0.5, 0.6) is 0 Å². The first-order valence-electron chi connectivity index (χ1n) is 5.61. The molecule has 0 unspecified atom stereocenters. The highest BCUT2D eigenvalue weighted by Crippen LogP contribution is 2.22. The van der Waals surface area contributed by atoms with Gasteiger partial charge < -0.3 is 10.1 Å². The van der Waals surface area contributed by atoms with Gasteiger partial charge in [-0.15, -0.1) is 0 Å². The fourth-order valence-corrected chi connectivity index (χ4v) is 2.05. The van der Waals surface area contributed by atoms with Crippen molar-refractivity contribution in [2.75, 3.05) is 14.1 Å². The van der Waals surface area contributed by atoms with Crippen molar-refractivity contribution in [2.24, 2.45) is 4.99 Å². The predicted octanol–water partition coefficient (Wildman–Crippen LogP) is 1.70. The lowest BCUT2D eigenvalue weighted by Gasteiger charge is -2.26. The summed E-state index contributed by atoms with van der Waals surface area (Å²) in [4.78, 5) is 6.35. The largest absolute Gasteiger partial charge is 0.714 e. The van der Waals surface area contributed by atoms with Gasteiger partial charge in [0.05, 0.1) is 5.56 Å². The third kappa shape index (κ3) is 1.79. The fraction of sp³-hybridized carbons (Fsp3) is 0.385. The van der Waals surface area contributed by atoms with Crippen LogP contribution < -0.4 is 0 Å². The van der Waals surface area contributed by atoms with E-state index < -0.39 is 5.54 Å². The molecule has 1 heterocycles. The molecule has 0 spiro atoms. The molecule has 0 saturated heterocycles. The first-order valence-corrected chi connectivity index (χ1v) is 5.61. The van der Waals surface area contributed by atoms with Crippen molar-refractivity contribution in [3.63, 3.8) is 0 Å². The van der Waals surface area contributed by atoms with Crippen molar-refractivity contribution in [3.05, 3.63) is 41.1 Å². The van der Waals surface area contributed by atoms with E-state index in [4.69, 9.17) is 0 Å². The number of nitrogens with zero attached hydrogens (tertiary/aromatic N) is 3. The van der Waals surface area contributed by atoms with Crippen molar-refractivity contribution >= 4 is 11.7 Å². The molecule has 1 aliphatic rings. The molecular formula is C13H17N3O. The smallest absolute Gasteiger partial charge is 0.331 e. The van der Waals surface area contributed by atoms with Crippen LogP contribution in [-0.4, -0.2) is 40.9 Å². The second-order valence-corrected chi connectivity index (χ2v) is 4.87. The quantitative estimate of drug-likeness (QED) is 0.545. The van der Waals surface area contributed by atoms with Crippen LogP contribution >= 0.6 is 0 Å². The lowest BCUT2D eigenvalue weighted by Crippen LogP contribution is -2.45. The van der Waals surface area contributed by atoms with Gasteiger partial charge in [-0.1, -0.05) is 18.2 Å². The summed E-state index contributed by atoms with van der Waals surface area (Å²) in [5, 5.41) is 12.3. The number of benzene rings is 1. The van der Waals surface area contributed by atoms with E-state index in [9.17, 15) is 5.21 Å². The van der Waals surface area contributed by atoms with Crippen molar-refractivity contribution in [3.8, 4) is 0 Å². The monoisotopic (exact) mass is 231 g/mol. The topological polar surface area (TPSA) is 41.7 Å². The number of amidine groups is 2. The van der Waals surface area contributed by atoms with E-state index in [-0.39, 0.29) is 0 Å². The Kier molecular flexibility index (Phi) is 2.65. The number of rotatable bonds is 1. The van der Waals surface area contributed by atoms with Gasteiger partial charge in [-0.05, 0) is 31.0 Å². The van der Waals surface area contributed by atoms with Gasteiger partial charge in [-0.25, -0.2) is 4.74 Å². The highest BCUT2D eigenvalue weighted by Gasteiger charge is 2.43. The maximum absolute atomic E-state index is 12.3. The molecule has 0 atom stereocenters. The molecular weight excluding hydrogens is 214 g/mol. The van der Waals surface area contributed by atoms with Gasteiger partial charge in [0, 0.05) is 14.1 Å². The maximum Gasteiger partial charge on any atom is 0.331 e. The zero-order chi connectivity index (χ0) is 12.6. The van der Waals surface area contributed by atoms with E-state index >= 15 is 0 Å². The van der Waals surface area contributed by atoms with Gasteiger partial charge >= 0.3 is 5.84 Å². The summed E-state index contributed by atoms with van der Waals surface area (Å²) >= 11 is 0. The summed E-state index contributed by atoms with van der Waals surface area (Å²) in [7, 11) is 3.81. The second-order valence-electron chi connectivity index (χ2n) is 4.87. The maximum atomic E-state index is 12.3. The first-order chi connectivity index (χ1) is 7.94. The summed E-state index contributed by atoms with van der Waals surface area (Å²) in [5.41, 5.74) is 0.238. The molecule has 1 aliphatic heterocycles. The van der Waals surface area contributed by atoms with Crippen molar-refractivity contribution in [1.82, 2.24) is 4.90 Å². The summed E-state index contributed by atoms with van der Waals surface area (Å²) in [6, 6.07) is 9.55. The molecule has 0 saturated carbocycles. The average Bonchev–Trinajstić information content (AvgIpc) is 2.52. The molecule has 0 radical (unpaired) electrons. The Hall–Kier alpha value is -1.84. The van der Waals surface area contributed by atoms with Crippen molar-refractivity contribution < 1.29 is 4.74 Å². The van der Waals surface area contributed by atoms with E-state index in [1.54, 1.807) is 0 Å². The van der Waals surface area contributed by atoms with Crippen LogP contribution in [0, 0.1) is 5.21 Å². The molecule has 0 fully saturated rings. The Morgan fingerprint density at radius 3 is 2.24 bits per heavy atom. The lowest BCUT2D eigenvalue weighted by molar-refractivity contribution is -0.514. The highest BCUT2D eigenvalue weighted by molar-refractivity contribution is 6.09. The van der Waals surface area contributed by atoms with Crippen LogP contribution in [0.15, 0.2) is 35.3 Å². The fourth-order valence-electron chi connectivity index (χ4n) is 2.05. The molecule has 90 valence electrons. The predicted molar refractivity (Wildman–Crippen MR) is 69.4 cm³/mol. The Morgan fingerprint density at radius 2 is 1.76 bits per heavy atom. The molecule has 0 N–H and O–H groups in total. The van der Waals surface area contributed by atoms with Crippen LogP contribution in [0.4, 0.5) is 0 Å². The number of hydrogen-bond donors (Lipinski definition) is 0. The van der Waals surface area contributed by atoms with Gasteiger partial charge in [0.2, 0.25) is 0 Å². The van der Waals surface area contributed by atoms with E-state index in [1.165, 1.54) is 0 Å². The summed E-state index contributed by atoms with van der Waals surface area (Å²) in [6.07, 6.45) is 0. The average molecular weight is 231 g/mol. The van der Waals surface area contributed by atoms with E-state index in [2.05, 4.69) is 4.99 Å². The second kappa shape index (κ2) is 3.87. The van der Waals surface area contributed by atoms with Gasteiger partial charge in [0.25, 0.3) is 5.84 Å². The van der Waals surface area contributed by atoms with E-state index in [1.807, 2.05) is 63.2 Å². The Labute approximate surface area is 101 Å². The Balaban J connectivity index is 2.52. The molecule has 17 heavy (non-hydrogen) atoms. The lowest BCUT2D eigenvalue weighted by atomic mass is 10.1. The van der Waals surface area contributed by atoms with Gasteiger partial charge in [-0.2, -0.15) is 0 Å². The summed E-state index contributed by atoms with van der Waals surface area (Å²) < 4.78 is 0.984. The number of likely N-dealkylation sites (N-methyl/N-ethyl adjacent to an activating group) is 1. The van der Waals surface area contributed by atoms with Crippen LogP contribution in [0.3, 0.4) is 0 Å². The van der Waals surface area contributed by atoms with Gasteiger partial charge in [0.1, 0.15) is 0 Å². The molecule has 0 amide bonds. The van der Waals surface area contributed by atoms with Crippen molar-refractivity contribution in [1.29, 1.82) is 0 Å². The minimum absolute atomic E-state index is 0.485. The normalized spacial score (nSPS) is 18.2. The molecule has 4 nitrogen and oxygen atoms in total. The van der Waals surface area contributed by atoms with Crippen LogP contribution in [-0.2, 0) is 0 Å². The minimum Gasteiger partial charge on any atom is -0.714 e. The summed E-state index contributed by atoms with van der Waals surface area (Å²) in [5.74, 6) is 1.27. The van der Waals surface area contributed by atoms with Crippen LogP contribution in [0.2, 0.25) is 0 Å². The molecule has 1 aromatic carbocycles. The van der Waals surface area contributed by atoms with Crippen molar-refractivity contribution in [2.45, 2.75) is 19.4 Å². The van der Waals surface area contributed by atoms with Crippen LogP contribution in [0.25, 0.3) is 0 Å². The standard InChI is InChI=1S/C13H17N3O/c1-13(2)12(15(3)4)14-11(16(13)17)10-8-6-5-7-9-10/h5-9H,1-4H3. The van der Waals surface area contributed by atoms with E-state index in [0.29, 0.717) is 5.84 Å². The molecule has 4 heteroatoms. The number of aliphatic imine (C=N–C) groups is 1. The van der Waals surface area contributed by atoms with E-state index in [0.717, 1.165) is 16.1 Å². The number of hydrogen-bond acceptors (Lipinski definition) is 3. The summed E-state index contributed by atoms with van der Waals surface area (Å²) in [6.45, 7) is 3.77. The van der Waals surface area contributed by atoms with Gasteiger partial charge in [-0.3, -0.25) is 0 Å². The third-order valence-corrected chi connectivity index (χ3v) is 2.91. The third-order valence-electron chi connectivity index (χ3n) is 2.91. The molecule has 1 aromatic rings. The van der Waals surface area contributed by atoms with Crippen LogP contribution in [0.1, 0.15) is 19.4 Å². The minimum atomic E-state index is -0.616. The molecule has 0 aliphatic carbocycles. The zero-order valence-electron chi connectivity index (χ0n) is 10.6. The van der Waals surface area contributed by atoms with Gasteiger partial charge in [0.15, 0.2) is 5.54 Å². The molecule has 0 bridgehead atoms. The number of hydroxylamine groups is 1. The molecule has 0 aromatic heterocycles. The molecule has 2 rings (SSSR count). The highest BCUT2D eigenvalue weighted by atomic mass is 16.5. The Morgan fingerprint density at radius 1 is 1.18 bits per heavy atom. The SMILES string of the molecule is CN(C)C1=NC(c2ccccc2)=[N+]([O-])C1(C)C.